The molecule has 2 aromatic carbocycles. The molecule has 2 heterocycles. The van der Waals surface area contributed by atoms with Crippen LogP contribution in [0.2, 0.25) is 0 Å². The summed E-state index contributed by atoms with van der Waals surface area (Å²) in [5, 5.41) is 4.47. The minimum absolute atomic E-state index is 0.249. The molecule has 0 fully saturated rings. The largest absolute Gasteiger partial charge is 0.493 e. The number of fused-ring (bicyclic) bond motifs is 2. The van der Waals surface area contributed by atoms with Crippen molar-refractivity contribution in [2.45, 2.75) is 0 Å². The lowest BCUT2D eigenvalue weighted by Crippen LogP contribution is -2.11. The quantitative estimate of drug-likeness (QED) is 0.552. The zero-order valence-corrected chi connectivity index (χ0v) is 15.6. The van der Waals surface area contributed by atoms with Gasteiger partial charge in [0.2, 0.25) is 0 Å². The molecule has 0 bridgehead atoms. The summed E-state index contributed by atoms with van der Waals surface area (Å²) in [7, 11) is 3.16. The Kier molecular flexibility index (Phi) is 4.29. The normalized spacial score (nSPS) is 10.9. The van der Waals surface area contributed by atoms with Crippen LogP contribution in [-0.2, 0) is 0 Å². The number of hydrogen-bond acceptors (Lipinski definition) is 6. The first-order valence-electron chi connectivity index (χ1n) is 8.22. The van der Waals surface area contributed by atoms with E-state index in [1.54, 1.807) is 14.2 Å². The number of para-hydroxylation sites is 1. The number of carbonyl (C=O) groups excluding carboxylic acids is 1. The molecule has 2 aromatic heterocycles. The van der Waals surface area contributed by atoms with E-state index in [-0.39, 0.29) is 5.91 Å². The van der Waals surface area contributed by atoms with Crippen LogP contribution in [0, 0.1) is 0 Å². The average Bonchev–Trinajstić information content (AvgIpc) is 3.01. The summed E-state index contributed by atoms with van der Waals surface area (Å²) in [5.41, 5.74) is 8.15. The molecule has 0 atom stereocenters. The van der Waals surface area contributed by atoms with Crippen molar-refractivity contribution in [1.82, 2.24) is 4.98 Å². The molecule has 4 aromatic rings. The van der Waals surface area contributed by atoms with Crippen LogP contribution in [0.5, 0.6) is 11.5 Å². The smallest absolute Gasteiger partial charge is 0.267 e. The minimum atomic E-state index is -0.249. The van der Waals surface area contributed by atoms with E-state index in [9.17, 15) is 4.79 Å². The molecule has 0 unspecified atom stereocenters. The van der Waals surface area contributed by atoms with E-state index >= 15 is 0 Å². The third-order valence-corrected chi connectivity index (χ3v) is 5.37. The number of nitrogens with two attached hydrogens (primary N) is 1. The van der Waals surface area contributed by atoms with E-state index in [0.717, 1.165) is 16.3 Å². The Morgan fingerprint density at radius 1 is 1.07 bits per heavy atom. The first-order chi connectivity index (χ1) is 13.1. The molecule has 0 saturated heterocycles. The highest BCUT2D eigenvalue weighted by molar-refractivity contribution is 7.21. The first kappa shape index (κ1) is 17.1. The van der Waals surface area contributed by atoms with Gasteiger partial charge in [0.25, 0.3) is 5.91 Å². The van der Waals surface area contributed by atoms with Gasteiger partial charge in [-0.1, -0.05) is 18.2 Å². The summed E-state index contributed by atoms with van der Waals surface area (Å²) in [4.78, 5) is 18.4. The van der Waals surface area contributed by atoms with E-state index in [1.807, 2.05) is 48.5 Å². The highest BCUT2D eigenvalue weighted by atomic mass is 32.1. The zero-order chi connectivity index (χ0) is 19.0. The van der Waals surface area contributed by atoms with Gasteiger partial charge in [0.15, 0.2) is 11.5 Å². The van der Waals surface area contributed by atoms with Gasteiger partial charge >= 0.3 is 0 Å². The molecule has 0 radical (unpaired) electrons. The summed E-state index contributed by atoms with van der Waals surface area (Å²) in [6, 6.07) is 14.8. The van der Waals surface area contributed by atoms with Gasteiger partial charge in [-0.15, -0.1) is 11.3 Å². The summed E-state index contributed by atoms with van der Waals surface area (Å²) < 4.78 is 10.7. The molecule has 6 nitrogen and oxygen atoms in total. The van der Waals surface area contributed by atoms with E-state index in [2.05, 4.69) is 10.3 Å². The number of rotatable bonds is 4. The van der Waals surface area contributed by atoms with Crippen LogP contribution in [0.25, 0.3) is 21.1 Å². The van der Waals surface area contributed by atoms with Crippen LogP contribution >= 0.6 is 11.3 Å². The molecular formula is C20H17N3O3S. The van der Waals surface area contributed by atoms with Gasteiger partial charge in [0.1, 0.15) is 9.71 Å². The van der Waals surface area contributed by atoms with Crippen LogP contribution in [0.1, 0.15) is 9.67 Å². The second-order valence-corrected chi connectivity index (χ2v) is 6.91. The molecule has 27 heavy (non-hydrogen) atoms. The Morgan fingerprint density at radius 2 is 1.78 bits per heavy atom. The molecular weight excluding hydrogens is 362 g/mol. The lowest BCUT2D eigenvalue weighted by Gasteiger charge is -2.08. The molecule has 3 N–H and O–H groups in total. The number of amides is 1. The number of thiophene rings is 1. The highest BCUT2D eigenvalue weighted by Gasteiger charge is 2.19. The van der Waals surface area contributed by atoms with Crippen molar-refractivity contribution in [3.05, 3.63) is 53.4 Å². The zero-order valence-electron chi connectivity index (χ0n) is 14.8. The summed E-state index contributed by atoms with van der Waals surface area (Å²) >= 11 is 1.27. The van der Waals surface area contributed by atoms with Crippen LogP contribution in [0.15, 0.2) is 48.5 Å². The lowest BCUT2D eigenvalue weighted by atomic mass is 10.1. The van der Waals surface area contributed by atoms with Crippen molar-refractivity contribution >= 4 is 49.7 Å². The molecule has 0 saturated carbocycles. The van der Waals surface area contributed by atoms with E-state index < -0.39 is 0 Å². The number of ether oxygens (including phenoxy) is 2. The number of methoxy groups -OCH3 is 2. The Hall–Kier alpha value is -3.32. The second-order valence-electron chi connectivity index (χ2n) is 5.91. The van der Waals surface area contributed by atoms with Crippen molar-refractivity contribution in [1.29, 1.82) is 0 Å². The molecule has 0 aliphatic heterocycles. The van der Waals surface area contributed by atoms with Gasteiger partial charge in [-0.2, -0.15) is 0 Å². The van der Waals surface area contributed by atoms with Gasteiger partial charge in [0.05, 0.1) is 25.4 Å². The number of nitrogens with one attached hydrogen (secondary N) is 1. The minimum Gasteiger partial charge on any atom is -0.493 e. The molecule has 0 aliphatic carbocycles. The number of carbonyl (C=O) groups is 1. The Balaban J connectivity index is 1.80. The van der Waals surface area contributed by atoms with Gasteiger partial charge in [-0.3, -0.25) is 4.79 Å². The van der Waals surface area contributed by atoms with Crippen molar-refractivity contribution in [3.63, 3.8) is 0 Å². The SMILES string of the molecule is COc1cc2cc3c(N)c(C(=O)Nc4ccccc4)sc3nc2cc1OC. The van der Waals surface area contributed by atoms with Crippen molar-refractivity contribution in [3.8, 4) is 11.5 Å². The van der Waals surface area contributed by atoms with E-state index in [1.165, 1.54) is 11.3 Å². The fraction of sp³-hybridized carbons (Fsp3) is 0.100. The van der Waals surface area contributed by atoms with Crippen LogP contribution in [0.3, 0.4) is 0 Å². The topological polar surface area (TPSA) is 86.5 Å². The van der Waals surface area contributed by atoms with Crippen LogP contribution in [-0.4, -0.2) is 25.1 Å². The summed E-state index contributed by atoms with van der Waals surface area (Å²) in [5.74, 6) is 0.964. The maximum absolute atomic E-state index is 12.7. The Morgan fingerprint density at radius 3 is 2.48 bits per heavy atom. The molecule has 4 rings (SSSR count). The number of benzene rings is 2. The Labute approximate surface area is 159 Å². The number of pyridine rings is 1. The van der Waals surface area contributed by atoms with Gasteiger partial charge in [-0.25, -0.2) is 4.98 Å². The standard InChI is InChI=1S/C20H17N3O3S/c1-25-15-9-11-8-13-17(21)18(19(24)22-12-6-4-3-5-7-12)27-20(13)23-14(11)10-16(15)26-2/h3-10H,21H2,1-2H3,(H,22,24). The third kappa shape index (κ3) is 3.02. The maximum atomic E-state index is 12.7. The van der Waals surface area contributed by atoms with Gasteiger partial charge in [-0.05, 0) is 24.3 Å². The second kappa shape index (κ2) is 6.77. The maximum Gasteiger partial charge on any atom is 0.267 e. The molecule has 0 aliphatic rings. The Bertz CT molecular complexity index is 1160. The van der Waals surface area contributed by atoms with Crippen LogP contribution < -0.4 is 20.5 Å². The van der Waals surface area contributed by atoms with Gasteiger partial charge in [0, 0.05) is 22.5 Å². The van der Waals surface area contributed by atoms with E-state index in [4.69, 9.17) is 15.2 Å². The number of anilines is 2. The summed E-state index contributed by atoms with van der Waals surface area (Å²) in [6.07, 6.45) is 0. The lowest BCUT2D eigenvalue weighted by molar-refractivity contribution is 0.103. The summed E-state index contributed by atoms with van der Waals surface area (Å²) in [6.45, 7) is 0. The number of aromatic nitrogens is 1. The third-order valence-electron chi connectivity index (χ3n) is 4.26. The average molecular weight is 379 g/mol. The number of nitrogens with zero attached hydrogens (tertiary/aromatic N) is 1. The fourth-order valence-electron chi connectivity index (χ4n) is 2.91. The van der Waals surface area contributed by atoms with Gasteiger partial charge < -0.3 is 20.5 Å². The van der Waals surface area contributed by atoms with Crippen molar-refractivity contribution in [2.75, 3.05) is 25.3 Å². The van der Waals surface area contributed by atoms with Crippen LogP contribution in [0.4, 0.5) is 11.4 Å². The molecule has 1 amide bonds. The molecule has 7 heteroatoms. The monoisotopic (exact) mass is 379 g/mol. The van der Waals surface area contributed by atoms with Crippen molar-refractivity contribution in [2.24, 2.45) is 0 Å². The van der Waals surface area contributed by atoms with Crippen molar-refractivity contribution < 1.29 is 14.3 Å². The fourth-order valence-corrected chi connectivity index (χ4v) is 3.89. The number of nitrogen functional groups attached to an aromatic ring is 1. The predicted molar refractivity (Wildman–Crippen MR) is 109 cm³/mol. The van der Waals surface area contributed by atoms with E-state index in [0.29, 0.717) is 32.6 Å². The highest BCUT2D eigenvalue weighted by Crippen LogP contribution is 2.38. The first-order valence-corrected chi connectivity index (χ1v) is 9.03. The molecule has 136 valence electrons. The predicted octanol–water partition coefficient (Wildman–Crippen LogP) is 4.30. The number of hydrogen-bond donors (Lipinski definition) is 2. The molecule has 0 spiro atoms.